The lowest BCUT2D eigenvalue weighted by molar-refractivity contribution is -0.387. The molecule has 2 aromatic heterocycles. The third-order valence-corrected chi connectivity index (χ3v) is 5.53. The van der Waals surface area contributed by atoms with Crippen molar-refractivity contribution in [2.45, 2.75) is 16.2 Å². The van der Waals surface area contributed by atoms with Crippen molar-refractivity contribution in [2.75, 3.05) is 5.32 Å². The highest BCUT2D eigenvalue weighted by Gasteiger charge is 2.19. The Balaban J connectivity index is 1.84. The lowest BCUT2D eigenvalue weighted by Gasteiger charge is -2.06. The second-order valence-corrected chi connectivity index (χ2v) is 7.70. The van der Waals surface area contributed by atoms with E-state index in [4.69, 9.17) is 11.6 Å². The fourth-order valence-corrected chi connectivity index (χ4v) is 3.99. The van der Waals surface area contributed by atoms with Crippen molar-refractivity contribution in [2.24, 2.45) is 0 Å². The maximum Gasteiger partial charge on any atom is 0.284 e. The Bertz CT molecular complexity index is 976. The smallest absolute Gasteiger partial charge is 0.284 e. The van der Waals surface area contributed by atoms with Crippen LogP contribution in [0.15, 0.2) is 51.1 Å². The van der Waals surface area contributed by atoms with Crippen LogP contribution in [0.5, 0.6) is 0 Å². The summed E-state index contributed by atoms with van der Waals surface area (Å²) in [5.41, 5.74) is 0.860. The second kappa shape index (κ2) is 7.81. The molecule has 0 aliphatic heterocycles. The summed E-state index contributed by atoms with van der Waals surface area (Å²) in [4.78, 5) is 31.9. The Hall–Kier alpha value is -2.49. The number of nitrogens with one attached hydrogen (secondary N) is 1. The van der Waals surface area contributed by atoms with Gasteiger partial charge in [0.1, 0.15) is 5.82 Å². The molecule has 3 rings (SSSR count). The van der Waals surface area contributed by atoms with Crippen molar-refractivity contribution in [3.63, 3.8) is 0 Å². The number of benzene rings is 1. The Kier molecular flexibility index (Phi) is 5.50. The maximum atomic E-state index is 12.3. The molecule has 0 aliphatic rings. The number of hydrogen-bond donors (Lipinski definition) is 1. The van der Waals surface area contributed by atoms with Crippen LogP contribution in [0.4, 0.5) is 11.5 Å². The number of nitro benzene ring substituents is 1. The molecule has 0 saturated heterocycles. The van der Waals surface area contributed by atoms with Crippen molar-refractivity contribution in [1.29, 1.82) is 0 Å². The average molecular weight is 407 g/mol. The Morgan fingerprint density at radius 1 is 1.35 bits per heavy atom. The molecular formula is C16H11ClN4O3S2. The van der Waals surface area contributed by atoms with Gasteiger partial charge in [-0.3, -0.25) is 14.9 Å². The van der Waals surface area contributed by atoms with E-state index in [0.29, 0.717) is 20.1 Å². The van der Waals surface area contributed by atoms with Gasteiger partial charge in [-0.2, -0.15) is 0 Å². The number of pyridine rings is 1. The number of thiazole rings is 1. The molecule has 0 saturated carbocycles. The predicted octanol–water partition coefficient (Wildman–Crippen LogP) is 4.81. The van der Waals surface area contributed by atoms with Crippen molar-refractivity contribution < 1.29 is 9.72 Å². The third-order valence-electron chi connectivity index (χ3n) is 3.18. The van der Waals surface area contributed by atoms with Gasteiger partial charge in [-0.15, -0.1) is 11.3 Å². The molecule has 26 heavy (non-hydrogen) atoms. The minimum Gasteiger partial charge on any atom is -0.307 e. The monoisotopic (exact) mass is 406 g/mol. The molecule has 1 amide bonds. The van der Waals surface area contributed by atoms with E-state index in [9.17, 15) is 14.9 Å². The van der Waals surface area contributed by atoms with Crippen LogP contribution >= 0.6 is 34.7 Å². The number of aromatic nitrogens is 2. The highest BCUT2D eigenvalue weighted by atomic mass is 35.5. The summed E-state index contributed by atoms with van der Waals surface area (Å²) in [6.07, 6.45) is 1.40. The number of carbonyl (C=O) groups excluding carboxylic acids is 1. The fraction of sp³-hybridized carbons (Fsp3) is 0.0625. The summed E-state index contributed by atoms with van der Waals surface area (Å²) in [6, 6.07) is 7.45. The SMILES string of the molecule is Cc1csc(Sc2ccc(C(=O)Nc3ccc(Cl)cn3)cc2[N+](=O)[O-])n1. The highest BCUT2D eigenvalue weighted by Crippen LogP contribution is 2.36. The number of halogens is 1. The first-order chi connectivity index (χ1) is 12.4. The molecule has 7 nitrogen and oxygen atoms in total. The zero-order chi connectivity index (χ0) is 18.7. The topological polar surface area (TPSA) is 98.0 Å². The number of rotatable bonds is 5. The minimum absolute atomic E-state index is 0.153. The van der Waals surface area contributed by atoms with E-state index in [0.717, 1.165) is 5.69 Å². The van der Waals surface area contributed by atoms with Crippen molar-refractivity contribution >= 4 is 52.1 Å². The fourth-order valence-electron chi connectivity index (χ4n) is 2.00. The quantitative estimate of drug-likeness (QED) is 0.482. The summed E-state index contributed by atoms with van der Waals surface area (Å²) < 4.78 is 0.702. The van der Waals surface area contributed by atoms with Crippen LogP contribution in [0, 0.1) is 17.0 Å². The van der Waals surface area contributed by atoms with Crippen LogP contribution < -0.4 is 5.32 Å². The van der Waals surface area contributed by atoms with Gasteiger partial charge in [-0.05, 0) is 31.2 Å². The summed E-state index contributed by atoms with van der Waals surface area (Å²) in [6.45, 7) is 1.85. The number of hydrogen-bond acceptors (Lipinski definition) is 7. The molecule has 0 fully saturated rings. The molecule has 1 aromatic carbocycles. The van der Waals surface area contributed by atoms with Gasteiger partial charge in [0.25, 0.3) is 11.6 Å². The molecule has 2 heterocycles. The first-order valence-electron chi connectivity index (χ1n) is 7.24. The number of anilines is 1. The van der Waals surface area contributed by atoms with E-state index in [-0.39, 0.29) is 11.3 Å². The Labute approximate surface area is 161 Å². The number of carbonyl (C=O) groups is 1. The number of aryl methyl sites for hydroxylation is 1. The van der Waals surface area contributed by atoms with Crippen LogP contribution in [-0.2, 0) is 0 Å². The molecule has 0 bridgehead atoms. The Morgan fingerprint density at radius 3 is 2.77 bits per heavy atom. The van der Waals surface area contributed by atoms with Crippen LogP contribution in [0.1, 0.15) is 16.1 Å². The lowest BCUT2D eigenvalue weighted by Crippen LogP contribution is -2.13. The molecule has 0 atom stereocenters. The van der Waals surface area contributed by atoms with Gasteiger partial charge in [0.05, 0.1) is 14.8 Å². The maximum absolute atomic E-state index is 12.3. The summed E-state index contributed by atoms with van der Waals surface area (Å²) in [5, 5.41) is 16.3. The van der Waals surface area contributed by atoms with E-state index >= 15 is 0 Å². The second-order valence-electron chi connectivity index (χ2n) is 5.11. The molecule has 10 heteroatoms. The van der Waals surface area contributed by atoms with Gasteiger partial charge in [-0.1, -0.05) is 23.4 Å². The van der Waals surface area contributed by atoms with Crippen molar-refractivity contribution in [3.05, 3.63) is 68.3 Å². The highest BCUT2D eigenvalue weighted by molar-refractivity contribution is 8.01. The minimum atomic E-state index is -0.514. The van der Waals surface area contributed by atoms with E-state index in [2.05, 4.69) is 15.3 Å². The van der Waals surface area contributed by atoms with Crippen LogP contribution in [0.25, 0.3) is 0 Å². The van der Waals surface area contributed by atoms with E-state index in [1.165, 1.54) is 41.4 Å². The van der Waals surface area contributed by atoms with Crippen molar-refractivity contribution in [1.82, 2.24) is 9.97 Å². The molecule has 132 valence electrons. The molecule has 0 spiro atoms. The predicted molar refractivity (Wildman–Crippen MR) is 101 cm³/mol. The van der Waals surface area contributed by atoms with Gasteiger partial charge >= 0.3 is 0 Å². The van der Waals surface area contributed by atoms with E-state index in [1.54, 1.807) is 18.2 Å². The first kappa shape index (κ1) is 18.3. The van der Waals surface area contributed by atoms with Gasteiger partial charge in [0.2, 0.25) is 0 Å². The standard InChI is InChI=1S/C16H11ClN4O3S2/c1-9-8-25-16(19-9)26-13-4-2-10(6-12(13)21(23)24)15(22)20-14-5-3-11(17)7-18-14/h2-8H,1H3,(H,18,20,22). The van der Waals surface area contributed by atoms with Crippen LogP contribution in [-0.4, -0.2) is 20.8 Å². The van der Waals surface area contributed by atoms with Crippen LogP contribution in [0.3, 0.4) is 0 Å². The van der Waals surface area contributed by atoms with Gasteiger partial charge in [0, 0.05) is 28.9 Å². The molecule has 0 aliphatic carbocycles. The molecular weight excluding hydrogens is 396 g/mol. The zero-order valence-electron chi connectivity index (χ0n) is 13.3. The first-order valence-corrected chi connectivity index (χ1v) is 9.31. The van der Waals surface area contributed by atoms with Gasteiger partial charge in [0.15, 0.2) is 4.34 Å². The van der Waals surface area contributed by atoms with E-state index in [1.807, 2.05) is 12.3 Å². The van der Waals surface area contributed by atoms with E-state index < -0.39 is 10.8 Å². The largest absolute Gasteiger partial charge is 0.307 e. The number of nitrogens with zero attached hydrogens (tertiary/aromatic N) is 3. The normalized spacial score (nSPS) is 10.5. The molecule has 3 aromatic rings. The lowest BCUT2D eigenvalue weighted by atomic mass is 10.2. The summed E-state index contributed by atoms with van der Waals surface area (Å²) in [7, 11) is 0. The molecule has 1 N–H and O–H groups in total. The number of nitro groups is 1. The summed E-state index contributed by atoms with van der Waals surface area (Å²) in [5.74, 6) is -0.191. The summed E-state index contributed by atoms with van der Waals surface area (Å²) >= 11 is 8.36. The number of amides is 1. The molecule has 0 radical (unpaired) electrons. The molecule has 0 unspecified atom stereocenters. The zero-order valence-corrected chi connectivity index (χ0v) is 15.7. The van der Waals surface area contributed by atoms with Crippen LogP contribution in [0.2, 0.25) is 5.02 Å². The Morgan fingerprint density at radius 2 is 2.15 bits per heavy atom. The van der Waals surface area contributed by atoms with Crippen molar-refractivity contribution in [3.8, 4) is 0 Å². The van der Waals surface area contributed by atoms with Gasteiger partial charge < -0.3 is 5.32 Å². The van der Waals surface area contributed by atoms with Gasteiger partial charge in [-0.25, -0.2) is 9.97 Å². The average Bonchev–Trinajstić information content (AvgIpc) is 3.02. The third kappa shape index (κ3) is 4.37.